The third-order valence-electron chi connectivity index (χ3n) is 1.27. The van der Waals surface area contributed by atoms with Gasteiger partial charge in [0.1, 0.15) is 5.69 Å². The molecule has 0 atom stereocenters. The largest absolute Gasteiger partial charge is 0.381 e. The Kier molecular flexibility index (Phi) is 3.35. The fourth-order valence-corrected chi connectivity index (χ4v) is 0.768. The lowest BCUT2D eigenvalue weighted by Gasteiger charge is -1.96. The van der Waals surface area contributed by atoms with Crippen molar-refractivity contribution in [3.63, 3.8) is 0 Å². The molecule has 0 bridgehead atoms. The van der Waals surface area contributed by atoms with E-state index in [-0.39, 0.29) is 11.6 Å². The first-order valence-corrected chi connectivity index (χ1v) is 4.20. The van der Waals surface area contributed by atoms with Crippen molar-refractivity contribution < 1.29 is 0 Å². The van der Waals surface area contributed by atoms with Crippen LogP contribution in [-0.4, -0.2) is 15.8 Å². The van der Waals surface area contributed by atoms with E-state index in [9.17, 15) is 0 Å². The number of anilines is 2. The molecule has 0 aliphatic heterocycles. The first-order valence-electron chi connectivity index (χ1n) is 3.67. The third-order valence-corrected chi connectivity index (χ3v) is 1.45. The number of nitrogens with two attached hydrogens (primary N) is 2. The Labute approximate surface area is 81.3 Å². The van der Waals surface area contributed by atoms with Gasteiger partial charge in [0.25, 0.3) is 0 Å². The summed E-state index contributed by atoms with van der Waals surface area (Å²) in [5.41, 5.74) is 11.3. The highest BCUT2D eigenvalue weighted by Crippen LogP contribution is 2.05. The van der Waals surface area contributed by atoms with Crippen LogP contribution in [0.3, 0.4) is 0 Å². The number of hydrogen-bond donors (Lipinski definition) is 2. The molecule has 0 aliphatic carbocycles. The van der Waals surface area contributed by atoms with E-state index in [1.54, 1.807) is 0 Å². The molecule has 1 heterocycles. The van der Waals surface area contributed by atoms with Gasteiger partial charge >= 0.3 is 0 Å². The minimum Gasteiger partial charge on any atom is -0.381 e. The van der Waals surface area contributed by atoms with Crippen molar-refractivity contribution in [3.05, 3.63) is 11.9 Å². The van der Waals surface area contributed by atoms with Crippen LogP contribution in [0, 0.1) is 11.8 Å². The van der Waals surface area contributed by atoms with E-state index >= 15 is 0 Å². The molecule has 0 fully saturated rings. The molecule has 4 nitrogen and oxygen atoms in total. The summed E-state index contributed by atoms with van der Waals surface area (Å²) < 4.78 is 0. The van der Waals surface area contributed by atoms with Crippen LogP contribution in [0.25, 0.3) is 0 Å². The Balaban J connectivity index is 2.81. The van der Waals surface area contributed by atoms with Gasteiger partial charge in [0, 0.05) is 12.3 Å². The lowest BCUT2D eigenvalue weighted by molar-refractivity contribution is 1.19. The summed E-state index contributed by atoms with van der Waals surface area (Å²) in [4.78, 5) is 7.73. The molecule has 4 N–H and O–H groups in total. The van der Waals surface area contributed by atoms with Crippen molar-refractivity contribution >= 4 is 23.2 Å². The van der Waals surface area contributed by atoms with Gasteiger partial charge in [-0.25, -0.2) is 9.97 Å². The number of halogens is 1. The molecule has 0 spiro atoms. The molecular weight excluding hydrogens is 188 g/mol. The second-order valence-corrected chi connectivity index (χ2v) is 2.64. The van der Waals surface area contributed by atoms with Crippen LogP contribution < -0.4 is 11.5 Å². The van der Waals surface area contributed by atoms with Crippen molar-refractivity contribution in [2.24, 2.45) is 0 Å². The van der Waals surface area contributed by atoms with Gasteiger partial charge in [-0.1, -0.05) is 5.92 Å². The molecular formula is C8H9ClN4. The third kappa shape index (κ3) is 2.80. The highest BCUT2D eigenvalue weighted by molar-refractivity contribution is 6.18. The Morgan fingerprint density at radius 3 is 2.77 bits per heavy atom. The Bertz CT molecular complexity index is 353. The first-order chi connectivity index (χ1) is 6.24. The standard InChI is InChI=1S/C8H9ClN4/c9-4-2-1-3-6-5-12-7(10)8(11)13-6/h5H,2,4H2,(H2,10,12)(H2,11,13). The molecule has 1 aromatic heterocycles. The van der Waals surface area contributed by atoms with Gasteiger partial charge in [0.15, 0.2) is 11.6 Å². The van der Waals surface area contributed by atoms with Gasteiger partial charge in [-0.2, -0.15) is 0 Å². The normalized spacial score (nSPS) is 9.00. The zero-order chi connectivity index (χ0) is 9.68. The molecule has 0 aliphatic rings. The Hall–Kier alpha value is -1.47. The lowest BCUT2D eigenvalue weighted by atomic mass is 10.4. The molecule has 0 saturated heterocycles. The highest BCUT2D eigenvalue weighted by Gasteiger charge is 1.96. The molecule has 13 heavy (non-hydrogen) atoms. The van der Waals surface area contributed by atoms with Crippen LogP contribution in [0.4, 0.5) is 11.6 Å². The summed E-state index contributed by atoms with van der Waals surface area (Å²) in [5, 5.41) is 0. The van der Waals surface area contributed by atoms with E-state index in [0.717, 1.165) is 0 Å². The molecule has 0 unspecified atom stereocenters. The maximum absolute atomic E-state index is 5.44. The molecule has 1 rings (SSSR count). The smallest absolute Gasteiger partial charge is 0.167 e. The maximum Gasteiger partial charge on any atom is 0.167 e. The molecule has 0 aromatic carbocycles. The molecule has 68 valence electrons. The SMILES string of the molecule is Nc1ncc(C#CCCCl)nc1N. The minimum absolute atomic E-state index is 0.206. The summed E-state index contributed by atoms with van der Waals surface area (Å²) in [6.07, 6.45) is 2.10. The molecule has 1 aromatic rings. The van der Waals surface area contributed by atoms with Crippen molar-refractivity contribution in [2.75, 3.05) is 17.3 Å². The predicted octanol–water partition coefficient (Wildman–Crippen LogP) is 0.621. The van der Waals surface area contributed by atoms with Crippen LogP contribution >= 0.6 is 11.6 Å². The highest BCUT2D eigenvalue weighted by atomic mass is 35.5. The fourth-order valence-electron chi connectivity index (χ4n) is 0.673. The van der Waals surface area contributed by atoms with Crippen molar-refractivity contribution in [3.8, 4) is 11.8 Å². The zero-order valence-corrected chi connectivity index (χ0v) is 7.67. The van der Waals surface area contributed by atoms with Crippen molar-refractivity contribution in [1.82, 2.24) is 9.97 Å². The van der Waals surface area contributed by atoms with Crippen LogP contribution in [0.2, 0.25) is 0 Å². The van der Waals surface area contributed by atoms with E-state index in [1.807, 2.05) is 0 Å². The lowest BCUT2D eigenvalue weighted by Crippen LogP contribution is -2.01. The van der Waals surface area contributed by atoms with E-state index < -0.39 is 0 Å². The van der Waals surface area contributed by atoms with Gasteiger partial charge in [-0.3, -0.25) is 0 Å². The van der Waals surface area contributed by atoms with Crippen LogP contribution in [0.15, 0.2) is 6.20 Å². The van der Waals surface area contributed by atoms with Gasteiger partial charge in [-0.15, -0.1) is 11.6 Å². The first kappa shape index (κ1) is 9.62. The monoisotopic (exact) mass is 196 g/mol. The fraction of sp³-hybridized carbons (Fsp3) is 0.250. The number of nitrogens with zero attached hydrogens (tertiary/aromatic N) is 2. The molecule has 0 radical (unpaired) electrons. The van der Waals surface area contributed by atoms with E-state index in [1.165, 1.54) is 6.20 Å². The maximum atomic E-state index is 5.44. The number of rotatable bonds is 1. The number of alkyl halides is 1. The zero-order valence-electron chi connectivity index (χ0n) is 6.92. The van der Waals surface area contributed by atoms with E-state index in [2.05, 4.69) is 21.8 Å². The number of nitrogen functional groups attached to an aromatic ring is 2. The Morgan fingerprint density at radius 1 is 1.38 bits per heavy atom. The van der Waals surface area contributed by atoms with Crippen molar-refractivity contribution in [1.29, 1.82) is 0 Å². The van der Waals surface area contributed by atoms with Crippen LogP contribution in [0.5, 0.6) is 0 Å². The second-order valence-electron chi connectivity index (χ2n) is 2.27. The van der Waals surface area contributed by atoms with Gasteiger partial charge < -0.3 is 11.5 Å². The molecule has 0 amide bonds. The van der Waals surface area contributed by atoms with Crippen LogP contribution in [-0.2, 0) is 0 Å². The van der Waals surface area contributed by atoms with Crippen molar-refractivity contribution in [2.45, 2.75) is 6.42 Å². The summed E-state index contributed by atoms with van der Waals surface area (Å²) >= 11 is 5.44. The Morgan fingerprint density at radius 2 is 2.15 bits per heavy atom. The average molecular weight is 197 g/mol. The summed E-state index contributed by atoms with van der Waals surface area (Å²) in [6, 6.07) is 0. The predicted molar refractivity (Wildman–Crippen MR) is 53.1 cm³/mol. The number of hydrogen-bond acceptors (Lipinski definition) is 4. The van der Waals surface area contributed by atoms with Gasteiger partial charge in [0.2, 0.25) is 0 Å². The summed E-state index contributed by atoms with van der Waals surface area (Å²) in [7, 11) is 0. The topological polar surface area (TPSA) is 77.8 Å². The van der Waals surface area contributed by atoms with E-state index in [4.69, 9.17) is 23.1 Å². The van der Waals surface area contributed by atoms with Gasteiger partial charge in [0.05, 0.1) is 6.20 Å². The molecule has 5 heteroatoms. The number of aromatic nitrogens is 2. The van der Waals surface area contributed by atoms with E-state index in [0.29, 0.717) is 18.0 Å². The van der Waals surface area contributed by atoms with Crippen LogP contribution in [0.1, 0.15) is 12.1 Å². The average Bonchev–Trinajstić information content (AvgIpc) is 2.12. The summed E-state index contributed by atoms with van der Waals surface area (Å²) in [6.45, 7) is 0. The van der Waals surface area contributed by atoms with Gasteiger partial charge in [-0.05, 0) is 5.92 Å². The minimum atomic E-state index is 0.206. The molecule has 0 saturated carbocycles. The summed E-state index contributed by atoms with van der Waals surface area (Å²) in [5.74, 6) is 6.52. The quantitative estimate of drug-likeness (QED) is 0.510. The second kappa shape index (κ2) is 4.53.